The number of unbranched alkanes of at least 4 members (excludes halogenated alkanes) is 1. The number of pyridine rings is 1. The van der Waals surface area contributed by atoms with Crippen molar-refractivity contribution in [2.24, 2.45) is 5.73 Å². The molecule has 2 heterocycles. The Balaban J connectivity index is 1.43. The van der Waals surface area contributed by atoms with E-state index in [9.17, 15) is 20.1 Å². The van der Waals surface area contributed by atoms with Gasteiger partial charge in [0.25, 0.3) is 0 Å². The Kier molecular flexibility index (Phi) is 13.8. The van der Waals surface area contributed by atoms with Gasteiger partial charge in [-0.15, -0.1) is 11.3 Å². The highest BCUT2D eigenvalue weighted by Gasteiger charge is 2.23. The van der Waals surface area contributed by atoms with Crippen LogP contribution in [0.25, 0.3) is 21.7 Å². The summed E-state index contributed by atoms with van der Waals surface area (Å²) in [7, 11) is 0. The summed E-state index contributed by atoms with van der Waals surface area (Å²) in [6.45, 7) is 2.45. The predicted molar refractivity (Wildman–Crippen MR) is 191 cm³/mol. The van der Waals surface area contributed by atoms with Gasteiger partial charge in [-0.25, -0.2) is 9.97 Å². The molecule has 0 saturated heterocycles. The van der Waals surface area contributed by atoms with Gasteiger partial charge in [0, 0.05) is 33.8 Å². The number of halogens is 1. The number of carbonyl (C=O) groups excluding carboxylic acids is 1. The van der Waals surface area contributed by atoms with E-state index < -0.39 is 24.0 Å². The number of benzene rings is 2. The largest absolute Gasteiger partial charge is 0.492 e. The van der Waals surface area contributed by atoms with Gasteiger partial charge >= 0.3 is 5.97 Å². The fourth-order valence-corrected chi connectivity index (χ4v) is 6.69. The third kappa shape index (κ3) is 10.2. The number of aliphatic carboxylic acids is 1. The van der Waals surface area contributed by atoms with Crippen molar-refractivity contribution < 1.29 is 19.4 Å². The van der Waals surface area contributed by atoms with Crippen molar-refractivity contribution in [3.8, 4) is 39.6 Å². The Morgan fingerprint density at radius 2 is 1.76 bits per heavy atom. The van der Waals surface area contributed by atoms with E-state index in [1.54, 1.807) is 24.3 Å². The van der Waals surface area contributed by atoms with Gasteiger partial charge < -0.3 is 31.9 Å². The number of carbonyl (C=O) groups is 2. The molecule has 0 radical (unpaired) electrons. The lowest BCUT2D eigenvalue weighted by Gasteiger charge is -2.20. The van der Waals surface area contributed by atoms with Crippen molar-refractivity contribution in [2.75, 3.05) is 25.4 Å². The number of ether oxygens (including phenoxy) is 1. The molecular weight excluding hydrogens is 684 g/mol. The number of nitrogen functional groups attached to an aromatic ring is 1. The third-order valence-corrected chi connectivity index (χ3v) is 9.51. The van der Waals surface area contributed by atoms with Crippen LogP contribution in [0, 0.1) is 22.7 Å². The van der Waals surface area contributed by atoms with Crippen molar-refractivity contribution in [2.45, 2.75) is 49.0 Å². The van der Waals surface area contributed by atoms with E-state index in [4.69, 9.17) is 37.9 Å². The SMILES string of the molecule is CC(NC(=O)C(CCCCN)NCCOc1ccc(-c2c(C#N)c(N)nc(SCc3csc(-c4ccc(Cl)cc4)n3)c2C#N)cc1)C(=O)O. The molecule has 49 heavy (non-hydrogen) atoms. The molecule has 0 spiro atoms. The van der Waals surface area contributed by atoms with E-state index in [1.165, 1.54) is 30.0 Å². The van der Waals surface area contributed by atoms with Crippen molar-refractivity contribution in [1.29, 1.82) is 10.5 Å². The van der Waals surface area contributed by atoms with Crippen molar-refractivity contribution in [1.82, 2.24) is 20.6 Å². The molecule has 7 N–H and O–H groups in total. The van der Waals surface area contributed by atoms with E-state index in [-0.39, 0.29) is 23.6 Å². The number of rotatable bonds is 17. The Hall–Kier alpha value is -4.70. The van der Waals surface area contributed by atoms with Crippen LogP contribution in [0.2, 0.25) is 5.02 Å². The molecule has 4 rings (SSSR count). The van der Waals surface area contributed by atoms with Gasteiger partial charge in [0.1, 0.15) is 52.0 Å². The number of hydrogen-bond acceptors (Lipinski definition) is 12. The normalized spacial score (nSPS) is 12.0. The summed E-state index contributed by atoms with van der Waals surface area (Å²) in [4.78, 5) is 32.9. The van der Waals surface area contributed by atoms with Crippen LogP contribution in [0.4, 0.5) is 5.82 Å². The monoisotopic (exact) mass is 718 g/mol. The number of carboxylic acids is 1. The molecule has 0 fully saturated rings. The van der Waals surface area contributed by atoms with Crippen molar-refractivity contribution in [3.05, 3.63) is 75.8 Å². The minimum Gasteiger partial charge on any atom is -0.492 e. The molecule has 4 aromatic rings. The molecule has 1 amide bonds. The summed E-state index contributed by atoms with van der Waals surface area (Å²) < 4.78 is 5.87. The molecule has 2 unspecified atom stereocenters. The Morgan fingerprint density at radius 1 is 1.06 bits per heavy atom. The number of carboxylic acid groups (broad SMARTS) is 1. The van der Waals surface area contributed by atoms with Gasteiger partial charge in [-0.3, -0.25) is 9.59 Å². The molecule has 254 valence electrons. The molecule has 15 heteroatoms. The highest BCUT2D eigenvalue weighted by molar-refractivity contribution is 7.98. The number of nitrogens with one attached hydrogen (secondary N) is 2. The first kappa shape index (κ1) is 37.1. The second-order valence-corrected chi connectivity index (χ2v) is 13.1. The summed E-state index contributed by atoms with van der Waals surface area (Å²) in [5.41, 5.74) is 14.9. The Morgan fingerprint density at radius 3 is 2.41 bits per heavy atom. The fraction of sp³-hybridized carbons (Fsp3) is 0.294. The minimum absolute atomic E-state index is 0.0216. The number of anilines is 1. The number of thioether (sulfide) groups is 1. The molecule has 12 nitrogen and oxygen atoms in total. The number of amides is 1. The summed E-state index contributed by atoms with van der Waals surface area (Å²) in [5.74, 6) is -0.530. The van der Waals surface area contributed by atoms with Gasteiger partial charge in [0.15, 0.2) is 0 Å². The number of thiazole rings is 1. The van der Waals surface area contributed by atoms with Gasteiger partial charge in [-0.05, 0) is 56.1 Å². The van der Waals surface area contributed by atoms with Gasteiger partial charge in [-0.2, -0.15) is 10.5 Å². The molecule has 0 saturated carbocycles. The number of nitrogens with two attached hydrogens (primary N) is 2. The summed E-state index contributed by atoms with van der Waals surface area (Å²) in [6, 6.07) is 17.0. The second-order valence-electron chi connectivity index (χ2n) is 10.8. The average Bonchev–Trinajstić information content (AvgIpc) is 3.57. The van der Waals surface area contributed by atoms with E-state index in [2.05, 4.69) is 27.8 Å². The van der Waals surface area contributed by atoms with Crippen LogP contribution < -0.4 is 26.8 Å². The molecule has 2 atom stereocenters. The lowest BCUT2D eigenvalue weighted by atomic mass is 9.97. The van der Waals surface area contributed by atoms with Gasteiger partial charge in [0.2, 0.25) is 5.91 Å². The smallest absolute Gasteiger partial charge is 0.325 e. The van der Waals surface area contributed by atoms with Crippen molar-refractivity contribution in [3.63, 3.8) is 0 Å². The first-order valence-corrected chi connectivity index (χ1v) is 17.6. The predicted octanol–water partition coefficient (Wildman–Crippen LogP) is 5.20. The maximum Gasteiger partial charge on any atom is 0.325 e. The van der Waals surface area contributed by atoms with E-state index in [1.807, 2.05) is 29.6 Å². The summed E-state index contributed by atoms with van der Waals surface area (Å²) in [6.07, 6.45) is 1.94. The quantitative estimate of drug-likeness (QED) is 0.0704. The summed E-state index contributed by atoms with van der Waals surface area (Å²) in [5, 5.41) is 38.7. The molecule has 0 bridgehead atoms. The van der Waals surface area contributed by atoms with E-state index in [0.717, 1.165) is 22.7 Å². The number of nitriles is 2. The highest BCUT2D eigenvalue weighted by Crippen LogP contribution is 2.37. The zero-order chi connectivity index (χ0) is 35.3. The van der Waals surface area contributed by atoms with Gasteiger partial charge in [0.05, 0.1) is 17.3 Å². The maximum absolute atomic E-state index is 12.6. The Labute approximate surface area is 297 Å². The second kappa shape index (κ2) is 18.2. The molecule has 2 aromatic carbocycles. The molecule has 0 aliphatic heterocycles. The number of aromatic nitrogens is 2. The van der Waals surface area contributed by atoms with Gasteiger partial charge in [-0.1, -0.05) is 54.0 Å². The van der Waals surface area contributed by atoms with Crippen LogP contribution in [-0.2, 0) is 15.3 Å². The minimum atomic E-state index is -1.12. The van der Waals surface area contributed by atoms with Crippen LogP contribution in [0.1, 0.15) is 43.0 Å². The van der Waals surface area contributed by atoms with Crippen LogP contribution in [0.5, 0.6) is 5.75 Å². The third-order valence-electron chi connectivity index (χ3n) is 7.31. The van der Waals surface area contributed by atoms with Crippen LogP contribution in [0.3, 0.4) is 0 Å². The van der Waals surface area contributed by atoms with Crippen LogP contribution >= 0.6 is 34.7 Å². The lowest BCUT2D eigenvalue weighted by Crippen LogP contribution is -2.50. The van der Waals surface area contributed by atoms with Crippen molar-refractivity contribution >= 4 is 52.4 Å². The molecule has 0 aliphatic rings. The number of hydrogen-bond donors (Lipinski definition) is 5. The van der Waals surface area contributed by atoms with Crippen LogP contribution in [-0.4, -0.2) is 58.7 Å². The Bertz CT molecular complexity index is 1840. The topological polar surface area (TPSA) is 213 Å². The maximum atomic E-state index is 12.6. The van der Waals surface area contributed by atoms with E-state index >= 15 is 0 Å². The zero-order valence-corrected chi connectivity index (χ0v) is 29.0. The fourth-order valence-electron chi connectivity index (χ4n) is 4.75. The first-order chi connectivity index (χ1) is 23.6. The van der Waals surface area contributed by atoms with Crippen LogP contribution in [0.15, 0.2) is 58.9 Å². The highest BCUT2D eigenvalue weighted by atomic mass is 35.5. The summed E-state index contributed by atoms with van der Waals surface area (Å²) >= 11 is 8.83. The van der Waals surface area contributed by atoms with E-state index in [0.29, 0.717) is 58.6 Å². The lowest BCUT2D eigenvalue weighted by molar-refractivity contribution is -0.141. The molecule has 0 aliphatic carbocycles. The molecular formula is C34H35ClN8O4S2. The average molecular weight is 719 g/mol. The zero-order valence-electron chi connectivity index (χ0n) is 26.6. The first-order valence-electron chi connectivity index (χ1n) is 15.3. The standard InChI is InChI=1S/C34H35ClN8O4S2/c1-20(34(45)46)41-31(44)28(4-2-3-13-36)40-14-15-47-25-11-7-21(8-12-25)29-26(16-37)30(39)43-33(27(29)17-38)49-19-24-18-48-32(42-24)22-5-9-23(35)10-6-22/h5-12,18,20,28,40H,2-4,13-15,19,36H2,1H3,(H2,39,43)(H,41,44)(H,45,46). The number of nitrogens with zero attached hydrogens (tertiary/aromatic N) is 4. The molecule has 2 aromatic heterocycles.